The molecule has 1 fully saturated rings. The molecule has 164 valence electrons. The molecule has 0 spiro atoms. The Hall–Kier alpha value is -3.49. The van der Waals surface area contributed by atoms with Crippen molar-refractivity contribution in [1.29, 1.82) is 0 Å². The first-order valence-electron chi connectivity index (χ1n) is 10.2. The topological polar surface area (TPSA) is 73.2 Å². The van der Waals surface area contributed by atoms with Crippen molar-refractivity contribution >= 4 is 57.4 Å². The summed E-state index contributed by atoms with van der Waals surface area (Å²) in [6, 6.07) is 21.5. The number of hydrogen-bond acceptors (Lipinski definition) is 7. The summed E-state index contributed by atoms with van der Waals surface area (Å²) in [5.74, 6) is -0.0679. The second-order valence-electron chi connectivity index (χ2n) is 7.52. The van der Waals surface area contributed by atoms with Crippen molar-refractivity contribution in [2.75, 3.05) is 16.8 Å². The van der Waals surface area contributed by atoms with Gasteiger partial charge in [-0.3, -0.25) is 14.5 Å². The molecular weight excluding hydrogens is 454 g/mol. The molecule has 0 aliphatic carbocycles. The molecule has 1 N–H and O–H groups in total. The van der Waals surface area contributed by atoms with Crippen LogP contribution in [0.3, 0.4) is 0 Å². The fourth-order valence-corrected chi connectivity index (χ4v) is 5.93. The zero-order valence-corrected chi connectivity index (χ0v) is 19.5. The van der Waals surface area contributed by atoms with Gasteiger partial charge in [0, 0.05) is 17.5 Å². The minimum Gasteiger partial charge on any atom is -0.508 e. The molecule has 0 bridgehead atoms. The smallest absolute Gasteiger partial charge is 0.274 e. The summed E-state index contributed by atoms with van der Waals surface area (Å²) < 4.78 is 0. The number of benzene rings is 3. The van der Waals surface area contributed by atoms with Crippen LogP contribution >= 0.6 is 23.5 Å². The van der Waals surface area contributed by atoms with E-state index in [4.69, 9.17) is 4.99 Å². The van der Waals surface area contributed by atoms with Gasteiger partial charge in [0.05, 0.1) is 22.1 Å². The average molecular weight is 474 g/mol. The molecule has 0 saturated carbocycles. The number of amidine groups is 1. The largest absolute Gasteiger partial charge is 0.508 e. The van der Waals surface area contributed by atoms with Crippen LogP contribution in [0.25, 0.3) is 0 Å². The summed E-state index contributed by atoms with van der Waals surface area (Å²) in [6.07, 6.45) is 0. The number of aliphatic imine (C=N–C) groups is 1. The second-order valence-corrected chi connectivity index (χ2v) is 9.53. The monoisotopic (exact) mass is 473 g/mol. The molecule has 5 rings (SSSR count). The Labute approximate surface area is 199 Å². The first kappa shape index (κ1) is 21.4. The fourth-order valence-electron chi connectivity index (χ4n) is 3.59. The highest BCUT2D eigenvalue weighted by atomic mass is 32.2. The SMILES string of the molecule is CC(=O)c1ccc(N=C2SC(=C3Sc4ccccc4N3C)C(=O)N2c2ccc(O)cc2)cc1. The van der Waals surface area contributed by atoms with Crippen LogP contribution in [0.5, 0.6) is 5.75 Å². The lowest BCUT2D eigenvalue weighted by molar-refractivity contribution is -0.113. The number of anilines is 2. The number of para-hydroxylation sites is 1. The van der Waals surface area contributed by atoms with Crippen molar-refractivity contribution in [3.8, 4) is 5.75 Å². The molecule has 0 unspecified atom stereocenters. The maximum Gasteiger partial charge on any atom is 0.274 e. The predicted molar refractivity (Wildman–Crippen MR) is 134 cm³/mol. The number of ketones is 1. The second kappa shape index (κ2) is 8.46. The quantitative estimate of drug-likeness (QED) is 0.384. The Morgan fingerprint density at radius 1 is 0.939 bits per heavy atom. The highest BCUT2D eigenvalue weighted by Crippen LogP contribution is 2.50. The Kier molecular flexibility index (Phi) is 5.47. The molecule has 3 aromatic rings. The Bertz CT molecular complexity index is 1330. The van der Waals surface area contributed by atoms with Gasteiger partial charge in [0.15, 0.2) is 11.0 Å². The average Bonchev–Trinajstić information content (AvgIpc) is 3.31. The van der Waals surface area contributed by atoms with E-state index >= 15 is 0 Å². The first-order chi connectivity index (χ1) is 15.9. The molecule has 8 heteroatoms. The van der Waals surface area contributed by atoms with Gasteiger partial charge in [-0.05, 0) is 79.3 Å². The fraction of sp³-hybridized carbons (Fsp3) is 0.0800. The Balaban J connectivity index is 1.59. The van der Waals surface area contributed by atoms with Gasteiger partial charge in [0.25, 0.3) is 5.91 Å². The van der Waals surface area contributed by atoms with Crippen LogP contribution < -0.4 is 9.80 Å². The van der Waals surface area contributed by atoms with Gasteiger partial charge < -0.3 is 10.0 Å². The van der Waals surface area contributed by atoms with E-state index in [1.165, 1.54) is 18.7 Å². The zero-order chi connectivity index (χ0) is 23.1. The van der Waals surface area contributed by atoms with Gasteiger partial charge in [-0.2, -0.15) is 0 Å². The molecule has 0 radical (unpaired) electrons. The highest BCUT2D eigenvalue weighted by Gasteiger charge is 2.40. The van der Waals surface area contributed by atoms with Crippen molar-refractivity contribution in [2.45, 2.75) is 11.8 Å². The van der Waals surface area contributed by atoms with Crippen LogP contribution in [0.1, 0.15) is 17.3 Å². The third-order valence-electron chi connectivity index (χ3n) is 5.32. The van der Waals surface area contributed by atoms with Gasteiger partial charge in [0.2, 0.25) is 0 Å². The number of amides is 1. The van der Waals surface area contributed by atoms with E-state index in [0.717, 1.165) is 15.6 Å². The predicted octanol–water partition coefficient (Wildman–Crippen LogP) is 5.77. The van der Waals surface area contributed by atoms with Crippen LogP contribution in [0, 0.1) is 0 Å². The lowest BCUT2D eigenvalue weighted by Crippen LogP contribution is -2.29. The summed E-state index contributed by atoms with van der Waals surface area (Å²) in [7, 11) is 1.95. The number of nitrogens with zero attached hydrogens (tertiary/aromatic N) is 3. The van der Waals surface area contributed by atoms with E-state index in [1.54, 1.807) is 65.2 Å². The summed E-state index contributed by atoms with van der Waals surface area (Å²) in [5.41, 5.74) is 2.91. The molecule has 0 aromatic heterocycles. The normalized spacial score (nSPS) is 18.8. The van der Waals surface area contributed by atoms with E-state index < -0.39 is 0 Å². The van der Waals surface area contributed by atoms with Crippen LogP contribution in [-0.2, 0) is 4.79 Å². The van der Waals surface area contributed by atoms with Crippen LogP contribution in [0.4, 0.5) is 17.1 Å². The number of thioether (sulfide) groups is 2. The minimum absolute atomic E-state index is 0.0155. The lowest BCUT2D eigenvalue weighted by Gasteiger charge is -2.17. The Morgan fingerprint density at radius 3 is 2.30 bits per heavy atom. The minimum atomic E-state index is -0.174. The number of phenols is 1. The van der Waals surface area contributed by atoms with E-state index in [-0.39, 0.29) is 17.4 Å². The number of Topliss-reactive ketones (excluding diaryl/α,β-unsaturated/α-hetero) is 1. The van der Waals surface area contributed by atoms with Crippen molar-refractivity contribution in [1.82, 2.24) is 0 Å². The summed E-state index contributed by atoms with van der Waals surface area (Å²) >= 11 is 2.88. The number of carbonyl (C=O) groups is 2. The van der Waals surface area contributed by atoms with E-state index in [9.17, 15) is 14.7 Å². The third kappa shape index (κ3) is 3.92. The number of fused-ring (bicyclic) bond motifs is 1. The van der Waals surface area contributed by atoms with E-state index in [0.29, 0.717) is 27.0 Å². The van der Waals surface area contributed by atoms with E-state index in [2.05, 4.69) is 0 Å². The molecule has 33 heavy (non-hydrogen) atoms. The number of carbonyl (C=O) groups excluding carboxylic acids is 2. The van der Waals surface area contributed by atoms with Gasteiger partial charge >= 0.3 is 0 Å². The van der Waals surface area contributed by atoms with Crippen molar-refractivity contribution in [2.24, 2.45) is 4.99 Å². The van der Waals surface area contributed by atoms with Gasteiger partial charge in [0.1, 0.15) is 10.7 Å². The summed E-state index contributed by atoms with van der Waals surface area (Å²) in [6.45, 7) is 1.52. The first-order valence-corrected chi connectivity index (χ1v) is 11.8. The molecule has 0 atom stereocenters. The molecule has 2 aliphatic rings. The zero-order valence-electron chi connectivity index (χ0n) is 17.9. The van der Waals surface area contributed by atoms with Crippen LogP contribution in [0.15, 0.2) is 92.6 Å². The lowest BCUT2D eigenvalue weighted by atomic mass is 10.1. The molecule has 2 heterocycles. The van der Waals surface area contributed by atoms with Crippen molar-refractivity contribution in [3.63, 3.8) is 0 Å². The molecule has 6 nitrogen and oxygen atoms in total. The standard InChI is InChI=1S/C25H19N3O3S2/c1-15(29)16-7-9-17(10-8-16)26-25-28(18-11-13-19(30)14-12-18)23(31)22(33-25)24-27(2)20-5-3-4-6-21(20)32-24/h3-14,30H,1-2H3. The van der Waals surface area contributed by atoms with Crippen LogP contribution in [-0.4, -0.2) is 29.0 Å². The van der Waals surface area contributed by atoms with Gasteiger partial charge in [-0.25, -0.2) is 4.99 Å². The third-order valence-corrected chi connectivity index (χ3v) is 7.71. The van der Waals surface area contributed by atoms with Crippen molar-refractivity contribution < 1.29 is 14.7 Å². The molecule has 3 aromatic carbocycles. The molecule has 1 saturated heterocycles. The van der Waals surface area contributed by atoms with Crippen LogP contribution in [0.2, 0.25) is 0 Å². The van der Waals surface area contributed by atoms with Crippen molar-refractivity contribution in [3.05, 3.63) is 88.3 Å². The van der Waals surface area contributed by atoms with Gasteiger partial charge in [-0.15, -0.1) is 0 Å². The number of rotatable bonds is 3. The number of hydrogen-bond donors (Lipinski definition) is 1. The van der Waals surface area contributed by atoms with Gasteiger partial charge in [-0.1, -0.05) is 23.9 Å². The number of phenolic OH excluding ortho intramolecular Hbond substituents is 1. The maximum absolute atomic E-state index is 13.6. The highest BCUT2D eigenvalue weighted by molar-refractivity contribution is 8.20. The molecular formula is C25H19N3O3S2. The van der Waals surface area contributed by atoms with E-state index in [1.807, 2.05) is 36.2 Å². The Morgan fingerprint density at radius 2 is 1.64 bits per heavy atom. The summed E-state index contributed by atoms with van der Waals surface area (Å²) in [5, 5.41) is 11.1. The summed E-state index contributed by atoms with van der Waals surface area (Å²) in [4.78, 5) is 35.2. The molecule has 1 amide bonds. The maximum atomic E-state index is 13.6. The number of aromatic hydroxyl groups is 1. The molecule has 2 aliphatic heterocycles.